The van der Waals surface area contributed by atoms with E-state index in [4.69, 9.17) is 9.47 Å². The normalized spacial score (nSPS) is 14.9. The quantitative estimate of drug-likeness (QED) is 0.766. The average Bonchev–Trinajstić information content (AvgIpc) is 3.11. The van der Waals surface area contributed by atoms with E-state index < -0.39 is 5.60 Å². The van der Waals surface area contributed by atoms with Crippen molar-refractivity contribution in [2.45, 2.75) is 26.0 Å². The van der Waals surface area contributed by atoms with E-state index in [-0.39, 0.29) is 5.75 Å². The Kier molecular flexibility index (Phi) is 4.11. The van der Waals surface area contributed by atoms with E-state index in [1.54, 1.807) is 10.7 Å². The zero-order valence-electron chi connectivity index (χ0n) is 15.5. The predicted octanol–water partition coefficient (Wildman–Crippen LogP) is 3.64. The second-order valence-electron chi connectivity index (χ2n) is 7.04. The predicted molar refractivity (Wildman–Crippen MR) is 102 cm³/mol. The monoisotopic (exact) mass is 363 g/mol. The van der Waals surface area contributed by atoms with Crippen molar-refractivity contribution in [1.82, 2.24) is 15.0 Å². The van der Waals surface area contributed by atoms with Gasteiger partial charge in [0.2, 0.25) is 5.75 Å². The maximum absolute atomic E-state index is 10.5. The number of aromatic hydroxyl groups is 1. The SMILES string of the molecule is COc1ccc2c(c1O)OC(C)(C)C=C2c1cn(Cc2ccccc2)nn1. The molecule has 0 aliphatic carbocycles. The van der Waals surface area contributed by atoms with Gasteiger partial charge in [-0.1, -0.05) is 35.5 Å². The summed E-state index contributed by atoms with van der Waals surface area (Å²) in [5.74, 6) is 0.762. The van der Waals surface area contributed by atoms with Gasteiger partial charge in [-0.05, 0) is 37.6 Å². The van der Waals surface area contributed by atoms with Crippen LogP contribution in [0, 0.1) is 0 Å². The molecule has 2 aromatic carbocycles. The van der Waals surface area contributed by atoms with E-state index in [1.165, 1.54) is 7.11 Å². The van der Waals surface area contributed by atoms with Crippen molar-refractivity contribution in [2.75, 3.05) is 7.11 Å². The number of rotatable bonds is 4. The maximum Gasteiger partial charge on any atom is 0.201 e. The Morgan fingerprint density at radius 2 is 1.93 bits per heavy atom. The molecule has 6 heteroatoms. The number of benzene rings is 2. The van der Waals surface area contributed by atoms with Gasteiger partial charge in [0, 0.05) is 11.1 Å². The molecule has 0 amide bonds. The van der Waals surface area contributed by atoms with Crippen LogP contribution in [0.25, 0.3) is 5.57 Å². The fourth-order valence-electron chi connectivity index (χ4n) is 3.23. The Morgan fingerprint density at radius 1 is 1.15 bits per heavy atom. The summed E-state index contributed by atoms with van der Waals surface area (Å²) in [6, 6.07) is 13.7. The van der Waals surface area contributed by atoms with Gasteiger partial charge in [0.05, 0.1) is 19.9 Å². The molecule has 0 saturated heterocycles. The lowest BCUT2D eigenvalue weighted by atomic mass is 9.92. The van der Waals surface area contributed by atoms with E-state index in [1.807, 2.05) is 50.4 Å². The maximum atomic E-state index is 10.5. The molecule has 4 rings (SSSR count). The van der Waals surface area contributed by atoms with E-state index in [0.717, 1.165) is 22.4 Å². The molecule has 1 aliphatic rings. The molecular formula is C21H21N3O3. The van der Waals surface area contributed by atoms with E-state index in [9.17, 15) is 5.11 Å². The highest BCUT2D eigenvalue weighted by Crippen LogP contribution is 2.47. The molecular weight excluding hydrogens is 342 g/mol. The summed E-state index contributed by atoms with van der Waals surface area (Å²) in [7, 11) is 1.52. The largest absolute Gasteiger partial charge is 0.502 e. The molecule has 0 unspecified atom stereocenters. The number of nitrogens with zero attached hydrogens (tertiary/aromatic N) is 3. The molecule has 1 N–H and O–H groups in total. The van der Waals surface area contributed by atoms with Crippen LogP contribution in [0.1, 0.15) is 30.7 Å². The Bertz CT molecular complexity index is 1010. The highest BCUT2D eigenvalue weighted by Gasteiger charge is 2.31. The number of methoxy groups -OCH3 is 1. The summed E-state index contributed by atoms with van der Waals surface area (Å²) in [5, 5.41) is 19.1. The molecule has 6 nitrogen and oxygen atoms in total. The van der Waals surface area contributed by atoms with Crippen molar-refractivity contribution in [1.29, 1.82) is 0 Å². The number of phenols is 1. The third kappa shape index (κ3) is 3.26. The van der Waals surface area contributed by atoms with Crippen molar-refractivity contribution in [3.05, 3.63) is 71.6 Å². The minimum absolute atomic E-state index is 0.00893. The first-order chi connectivity index (χ1) is 13.0. The lowest BCUT2D eigenvalue weighted by Gasteiger charge is -2.31. The highest BCUT2D eigenvalue weighted by atomic mass is 16.5. The Morgan fingerprint density at radius 3 is 2.67 bits per heavy atom. The second-order valence-corrected chi connectivity index (χ2v) is 7.04. The third-order valence-electron chi connectivity index (χ3n) is 4.46. The first-order valence-electron chi connectivity index (χ1n) is 8.73. The molecule has 2 heterocycles. The molecule has 3 aromatic rings. The molecule has 0 atom stereocenters. The summed E-state index contributed by atoms with van der Waals surface area (Å²) in [5.41, 5.74) is 2.92. The van der Waals surface area contributed by atoms with E-state index in [2.05, 4.69) is 22.4 Å². The number of hydrogen-bond donors (Lipinski definition) is 1. The van der Waals surface area contributed by atoms with Crippen LogP contribution in [-0.2, 0) is 6.54 Å². The van der Waals surface area contributed by atoms with Crippen molar-refractivity contribution in [2.24, 2.45) is 0 Å². The Labute approximate surface area is 157 Å². The van der Waals surface area contributed by atoms with Crippen molar-refractivity contribution in [3.63, 3.8) is 0 Å². The van der Waals surface area contributed by atoms with Gasteiger partial charge in [-0.3, -0.25) is 0 Å². The van der Waals surface area contributed by atoms with Crippen molar-refractivity contribution >= 4 is 5.57 Å². The number of ether oxygens (including phenoxy) is 2. The van der Waals surface area contributed by atoms with Crippen LogP contribution < -0.4 is 9.47 Å². The van der Waals surface area contributed by atoms with Gasteiger partial charge in [0.15, 0.2) is 11.5 Å². The smallest absolute Gasteiger partial charge is 0.201 e. The lowest BCUT2D eigenvalue weighted by molar-refractivity contribution is 0.150. The zero-order chi connectivity index (χ0) is 19.0. The number of aromatic nitrogens is 3. The average molecular weight is 363 g/mol. The van der Waals surface area contributed by atoms with Crippen LogP contribution in [0.5, 0.6) is 17.2 Å². The summed E-state index contributed by atoms with van der Waals surface area (Å²) < 4.78 is 13.0. The van der Waals surface area contributed by atoms with E-state index >= 15 is 0 Å². The van der Waals surface area contributed by atoms with Crippen molar-refractivity contribution in [3.8, 4) is 17.2 Å². The van der Waals surface area contributed by atoms with Gasteiger partial charge < -0.3 is 14.6 Å². The highest BCUT2D eigenvalue weighted by molar-refractivity contribution is 5.85. The van der Waals surface area contributed by atoms with Crippen LogP contribution in [0.4, 0.5) is 0 Å². The summed E-state index contributed by atoms with van der Waals surface area (Å²) in [4.78, 5) is 0. The Hall–Kier alpha value is -3.28. The van der Waals surface area contributed by atoms with Gasteiger partial charge in [-0.2, -0.15) is 0 Å². The van der Waals surface area contributed by atoms with Crippen molar-refractivity contribution < 1.29 is 14.6 Å². The summed E-state index contributed by atoms with van der Waals surface area (Å²) >= 11 is 0. The molecule has 0 fully saturated rings. The molecule has 0 radical (unpaired) electrons. The first kappa shape index (κ1) is 17.1. The van der Waals surface area contributed by atoms with Gasteiger partial charge >= 0.3 is 0 Å². The van der Waals surface area contributed by atoms with Crippen LogP contribution in [-0.4, -0.2) is 32.8 Å². The number of phenolic OH excluding ortho intramolecular Hbond substituents is 1. The van der Waals surface area contributed by atoms with E-state index in [0.29, 0.717) is 18.0 Å². The minimum Gasteiger partial charge on any atom is -0.502 e. The molecule has 1 aromatic heterocycles. The van der Waals surface area contributed by atoms with Crippen LogP contribution in [0.3, 0.4) is 0 Å². The molecule has 138 valence electrons. The second kappa shape index (κ2) is 6.46. The first-order valence-corrected chi connectivity index (χ1v) is 8.73. The number of fused-ring (bicyclic) bond motifs is 1. The van der Waals surface area contributed by atoms with Gasteiger partial charge in [-0.25, -0.2) is 4.68 Å². The molecule has 0 saturated carbocycles. The van der Waals surface area contributed by atoms with Crippen LogP contribution >= 0.6 is 0 Å². The molecule has 1 aliphatic heterocycles. The molecule has 27 heavy (non-hydrogen) atoms. The summed E-state index contributed by atoms with van der Waals surface area (Å²) in [6.07, 6.45) is 3.91. The topological polar surface area (TPSA) is 69.4 Å². The van der Waals surface area contributed by atoms with Gasteiger partial charge in [0.1, 0.15) is 11.3 Å². The Balaban J connectivity index is 1.73. The number of hydrogen-bond acceptors (Lipinski definition) is 5. The minimum atomic E-state index is -0.602. The van der Waals surface area contributed by atoms with Gasteiger partial charge in [-0.15, -0.1) is 5.10 Å². The van der Waals surface area contributed by atoms with Crippen LogP contribution in [0.2, 0.25) is 0 Å². The summed E-state index contributed by atoms with van der Waals surface area (Å²) in [6.45, 7) is 4.51. The standard InChI is InChI=1S/C21H21N3O3/c1-21(2)11-16(15-9-10-18(26-3)19(25)20(15)27-21)17-13-24(23-22-17)12-14-7-5-4-6-8-14/h4-11,13,25H,12H2,1-3H3. The fraction of sp³-hybridized carbons (Fsp3) is 0.238. The fourth-order valence-corrected chi connectivity index (χ4v) is 3.23. The zero-order valence-corrected chi connectivity index (χ0v) is 15.5. The third-order valence-corrected chi connectivity index (χ3v) is 4.46. The van der Waals surface area contributed by atoms with Gasteiger partial charge in [0.25, 0.3) is 0 Å². The molecule has 0 bridgehead atoms. The van der Waals surface area contributed by atoms with Crippen LogP contribution in [0.15, 0.2) is 54.7 Å². The lowest BCUT2D eigenvalue weighted by Crippen LogP contribution is -2.29. The molecule has 0 spiro atoms.